The first kappa shape index (κ1) is 38.0. The molecule has 0 heterocycles. The fourth-order valence-corrected chi connectivity index (χ4v) is 6.07. The summed E-state index contributed by atoms with van der Waals surface area (Å²) in [6.07, 6.45) is 0.994. The molecule has 3 aromatic carbocycles. The molecule has 10 nitrogen and oxygen atoms in total. The fraction of sp³-hybridized carbons (Fsp3) is 0.385. The Morgan fingerprint density at radius 1 is 0.860 bits per heavy atom. The van der Waals surface area contributed by atoms with Gasteiger partial charge in [-0.3, -0.25) is 9.69 Å². The van der Waals surface area contributed by atoms with E-state index in [4.69, 9.17) is 25.8 Å². The molecule has 50 heavy (non-hydrogen) atoms. The van der Waals surface area contributed by atoms with E-state index in [2.05, 4.69) is 29.3 Å². The smallest absolute Gasteiger partial charge is 0.410 e. The third-order valence-electron chi connectivity index (χ3n) is 8.18. The number of amides is 3. The highest BCUT2D eigenvalue weighted by Gasteiger charge is 2.33. The minimum Gasteiger partial charge on any atom is -0.448 e. The van der Waals surface area contributed by atoms with Gasteiger partial charge in [0.25, 0.3) is 0 Å². The van der Waals surface area contributed by atoms with Crippen LogP contribution in [-0.4, -0.2) is 66.8 Å². The highest BCUT2D eigenvalue weighted by atomic mass is 35.5. The summed E-state index contributed by atoms with van der Waals surface area (Å²) < 4.78 is 16.6. The predicted molar refractivity (Wildman–Crippen MR) is 193 cm³/mol. The van der Waals surface area contributed by atoms with Gasteiger partial charge in [0, 0.05) is 42.6 Å². The maximum atomic E-state index is 13.9. The Hall–Kier alpha value is -4.83. The highest BCUT2D eigenvalue weighted by Crippen LogP contribution is 2.44. The Labute approximate surface area is 299 Å². The van der Waals surface area contributed by atoms with E-state index in [1.54, 1.807) is 39.0 Å². The zero-order valence-electron chi connectivity index (χ0n) is 28.9. The first-order chi connectivity index (χ1) is 24.0. The fourth-order valence-electron chi connectivity index (χ4n) is 5.88. The molecule has 0 saturated carbocycles. The van der Waals surface area contributed by atoms with Crippen molar-refractivity contribution in [3.8, 4) is 11.1 Å². The summed E-state index contributed by atoms with van der Waals surface area (Å²) in [4.78, 5) is 53.3. The summed E-state index contributed by atoms with van der Waals surface area (Å²) in [5, 5.41) is 5.90. The van der Waals surface area contributed by atoms with E-state index < -0.39 is 29.9 Å². The third-order valence-corrected chi connectivity index (χ3v) is 8.54. The second-order valence-corrected chi connectivity index (χ2v) is 13.4. The van der Waals surface area contributed by atoms with E-state index in [0.29, 0.717) is 36.4 Å². The highest BCUT2D eigenvalue weighted by molar-refractivity contribution is 6.31. The van der Waals surface area contributed by atoms with E-state index in [-0.39, 0.29) is 44.4 Å². The van der Waals surface area contributed by atoms with Gasteiger partial charge in [-0.15, -0.1) is 6.58 Å². The standard InChI is InChI=1S/C39H46ClN3O7/c1-5-14-35(44)34(21-12-13-22-41-36(45)48-25-27-15-6-11-20-33(27)40)43(24-23-42-37(46)50-39(2,3)4)38(47)49-26-32-30-18-9-7-16-28(30)29-17-8-10-19-31(29)32/h5-11,15-20,32,34H,1,12-14,21-26H2,2-4H3,(H,41,45)(H,42,46)/t34-/m1/s1. The summed E-state index contributed by atoms with van der Waals surface area (Å²) in [7, 11) is 0. The molecule has 1 aliphatic carbocycles. The number of hydrogen-bond acceptors (Lipinski definition) is 7. The molecule has 0 spiro atoms. The van der Waals surface area contributed by atoms with Crippen LogP contribution >= 0.6 is 11.6 Å². The Morgan fingerprint density at radius 3 is 2.12 bits per heavy atom. The molecule has 3 aromatic rings. The Balaban J connectivity index is 1.41. The van der Waals surface area contributed by atoms with Crippen molar-refractivity contribution < 1.29 is 33.4 Å². The molecule has 0 bridgehead atoms. The SMILES string of the molecule is C=CCC(=O)[C@@H](CCCCNC(=O)OCc1ccccc1Cl)N(CCNC(=O)OC(C)(C)C)C(=O)OCC1c2ccccc2-c2ccccc21. The second-order valence-electron chi connectivity index (χ2n) is 13.0. The second kappa shape index (κ2) is 18.2. The van der Waals surface area contributed by atoms with E-state index in [1.165, 1.54) is 11.0 Å². The third kappa shape index (κ3) is 10.8. The molecule has 0 unspecified atom stereocenters. The van der Waals surface area contributed by atoms with Gasteiger partial charge in [0.2, 0.25) is 0 Å². The Kier molecular flexibility index (Phi) is 13.9. The van der Waals surface area contributed by atoms with Gasteiger partial charge in [-0.2, -0.15) is 0 Å². The van der Waals surface area contributed by atoms with Crippen LogP contribution in [0, 0.1) is 0 Å². The number of nitrogens with zero attached hydrogens (tertiary/aromatic N) is 1. The molecule has 0 saturated heterocycles. The molecule has 4 rings (SSSR count). The maximum absolute atomic E-state index is 13.9. The zero-order valence-corrected chi connectivity index (χ0v) is 29.7. The number of benzene rings is 3. The number of halogens is 1. The summed E-state index contributed by atoms with van der Waals surface area (Å²) in [6.45, 7) is 9.44. The average molecular weight is 704 g/mol. The van der Waals surface area contributed by atoms with Crippen LogP contribution in [0.25, 0.3) is 11.1 Å². The number of carbonyl (C=O) groups excluding carboxylic acids is 4. The molecule has 3 amide bonds. The van der Waals surface area contributed by atoms with Crippen molar-refractivity contribution in [1.82, 2.24) is 15.5 Å². The quantitative estimate of drug-likeness (QED) is 0.0880. The zero-order chi connectivity index (χ0) is 36.1. The van der Waals surface area contributed by atoms with Crippen LogP contribution in [0.5, 0.6) is 0 Å². The van der Waals surface area contributed by atoms with E-state index in [1.807, 2.05) is 42.5 Å². The number of Topliss-reactive ketones (excluding diaryl/α,β-unsaturated/α-hetero) is 1. The van der Waals surface area contributed by atoms with Gasteiger partial charge >= 0.3 is 18.3 Å². The molecule has 266 valence electrons. The van der Waals surface area contributed by atoms with Gasteiger partial charge in [-0.1, -0.05) is 84.4 Å². The molecule has 0 aliphatic heterocycles. The van der Waals surface area contributed by atoms with Crippen LogP contribution in [0.1, 0.15) is 69.1 Å². The van der Waals surface area contributed by atoms with Gasteiger partial charge in [-0.25, -0.2) is 14.4 Å². The number of nitrogens with one attached hydrogen (secondary N) is 2. The van der Waals surface area contributed by atoms with Gasteiger partial charge in [0.1, 0.15) is 18.8 Å². The lowest BCUT2D eigenvalue weighted by Crippen LogP contribution is -2.49. The minimum absolute atomic E-state index is 0.0100. The molecule has 0 fully saturated rings. The molecule has 11 heteroatoms. The van der Waals surface area contributed by atoms with Crippen LogP contribution in [-0.2, 0) is 25.6 Å². The molecule has 1 atom stereocenters. The van der Waals surface area contributed by atoms with Gasteiger partial charge in [-0.05, 0) is 68.4 Å². The van der Waals surface area contributed by atoms with Gasteiger partial charge in [0.05, 0.1) is 6.04 Å². The van der Waals surface area contributed by atoms with Crippen molar-refractivity contribution in [3.05, 3.63) is 107 Å². The van der Waals surface area contributed by atoms with Crippen molar-refractivity contribution in [2.75, 3.05) is 26.2 Å². The summed E-state index contributed by atoms with van der Waals surface area (Å²) in [5.74, 6) is -0.378. The monoisotopic (exact) mass is 703 g/mol. The molecular weight excluding hydrogens is 658 g/mol. The molecule has 2 N–H and O–H groups in total. The van der Waals surface area contributed by atoms with Crippen LogP contribution < -0.4 is 10.6 Å². The number of ether oxygens (including phenoxy) is 3. The number of ketones is 1. The molecular formula is C39H46ClN3O7. The average Bonchev–Trinajstić information content (AvgIpc) is 3.40. The van der Waals surface area contributed by atoms with Crippen molar-refractivity contribution in [3.63, 3.8) is 0 Å². The summed E-state index contributed by atoms with van der Waals surface area (Å²) in [6, 6.07) is 22.3. The minimum atomic E-state index is -0.851. The van der Waals surface area contributed by atoms with Crippen LogP contribution in [0.3, 0.4) is 0 Å². The number of allylic oxidation sites excluding steroid dienone is 1. The van der Waals surface area contributed by atoms with E-state index >= 15 is 0 Å². The van der Waals surface area contributed by atoms with Gasteiger partial charge < -0.3 is 24.8 Å². The summed E-state index contributed by atoms with van der Waals surface area (Å²) >= 11 is 6.14. The maximum Gasteiger partial charge on any atom is 0.410 e. The largest absolute Gasteiger partial charge is 0.448 e. The summed E-state index contributed by atoms with van der Waals surface area (Å²) in [5.41, 5.74) is 4.33. The first-order valence-corrected chi connectivity index (χ1v) is 17.2. The van der Waals surface area contributed by atoms with Crippen molar-refractivity contribution >= 4 is 35.7 Å². The molecule has 1 aliphatic rings. The Bertz CT molecular complexity index is 1610. The van der Waals surface area contributed by atoms with Gasteiger partial charge in [0.15, 0.2) is 5.78 Å². The number of unbranched alkanes of at least 4 members (excludes halogenated alkanes) is 1. The number of carbonyl (C=O) groups is 4. The predicted octanol–water partition coefficient (Wildman–Crippen LogP) is 8.03. The van der Waals surface area contributed by atoms with Crippen LogP contribution in [0.2, 0.25) is 5.02 Å². The lowest BCUT2D eigenvalue weighted by atomic mass is 9.98. The van der Waals surface area contributed by atoms with Crippen molar-refractivity contribution in [1.29, 1.82) is 0 Å². The Morgan fingerprint density at radius 2 is 1.48 bits per heavy atom. The lowest BCUT2D eigenvalue weighted by Gasteiger charge is -2.31. The topological polar surface area (TPSA) is 123 Å². The number of hydrogen-bond donors (Lipinski definition) is 2. The number of alkyl carbamates (subject to hydrolysis) is 2. The van der Waals surface area contributed by atoms with E-state index in [0.717, 1.165) is 22.3 Å². The van der Waals surface area contributed by atoms with Crippen LogP contribution in [0.4, 0.5) is 14.4 Å². The van der Waals surface area contributed by atoms with Crippen LogP contribution in [0.15, 0.2) is 85.5 Å². The lowest BCUT2D eigenvalue weighted by molar-refractivity contribution is -0.123. The molecule has 0 aromatic heterocycles. The van der Waals surface area contributed by atoms with Crippen molar-refractivity contribution in [2.24, 2.45) is 0 Å². The number of fused-ring (bicyclic) bond motifs is 3. The number of rotatable bonds is 16. The normalized spacial score (nSPS) is 12.6. The first-order valence-electron chi connectivity index (χ1n) is 16.8. The van der Waals surface area contributed by atoms with Crippen molar-refractivity contribution in [2.45, 2.75) is 70.6 Å². The van der Waals surface area contributed by atoms with E-state index in [9.17, 15) is 19.2 Å². The molecule has 0 radical (unpaired) electrons.